The van der Waals surface area contributed by atoms with Gasteiger partial charge in [-0.2, -0.15) is 8.42 Å². The Bertz CT molecular complexity index is 601. The molecule has 0 atom stereocenters. The molecule has 0 aromatic heterocycles. The Labute approximate surface area is 137 Å². The summed E-state index contributed by atoms with van der Waals surface area (Å²) in [5.41, 5.74) is 0. The van der Waals surface area contributed by atoms with Gasteiger partial charge in [0, 0.05) is 0 Å². The van der Waals surface area contributed by atoms with Crippen LogP contribution in [0.15, 0.2) is 26.0 Å². The first-order valence-corrected chi connectivity index (χ1v) is 11.8. The van der Waals surface area contributed by atoms with E-state index in [1.807, 2.05) is 0 Å². The third kappa shape index (κ3) is 4.05. The molecule has 0 saturated carbocycles. The Balaban J connectivity index is 3.30. The maximum atomic E-state index is 13.0. The fraction of sp³-hybridized carbons (Fsp3) is 0.500. The zero-order valence-electron chi connectivity index (χ0n) is 11.9. The summed E-state index contributed by atoms with van der Waals surface area (Å²) < 4.78 is 41.9. The molecule has 8 heteroatoms. The van der Waals surface area contributed by atoms with Crippen LogP contribution in [0.3, 0.4) is 0 Å². The summed E-state index contributed by atoms with van der Waals surface area (Å²) in [5, 5.41) is -0.00326. The van der Waals surface area contributed by atoms with Crippen LogP contribution in [0, 0.1) is 0 Å². The van der Waals surface area contributed by atoms with Gasteiger partial charge in [-0.25, -0.2) is 0 Å². The van der Waals surface area contributed by atoms with Crippen molar-refractivity contribution in [3.8, 4) is 5.75 Å². The second-order valence-corrected chi connectivity index (χ2v) is 13.8. The van der Waals surface area contributed by atoms with Gasteiger partial charge in [-0.05, 0) is 62.1 Å². The van der Waals surface area contributed by atoms with E-state index in [1.165, 1.54) is 12.1 Å². The molecule has 0 unspecified atom stereocenters. The van der Waals surface area contributed by atoms with Crippen molar-refractivity contribution in [2.24, 2.45) is 0 Å². The van der Waals surface area contributed by atoms with Crippen LogP contribution in [0.2, 0.25) is 18.1 Å². The minimum absolute atomic E-state index is 0.00326. The van der Waals surface area contributed by atoms with Gasteiger partial charge in [0.2, 0.25) is 0 Å². The van der Waals surface area contributed by atoms with Crippen LogP contribution in [-0.2, 0) is 10.2 Å². The molecular formula is C12H17Br2FO3SSi. The lowest BCUT2D eigenvalue weighted by atomic mass is 10.2. The van der Waals surface area contributed by atoms with E-state index < -0.39 is 23.4 Å². The van der Waals surface area contributed by atoms with E-state index in [2.05, 4.69) is 65.7 Å². The Morgan fingerprint density at radius 3 is 1.85 bits per heavy atom. The minimum Gasteiger partial charge on any atom is -0.542 e. The minimum atomic E-state index is -4.74. The second kappa shape index (κ2) is 5.70. The van der Waals surface area contributed by atoms with Crippen molar-refractivity contribution in [1.82, 2.24) is 0 Å². The first kappa shape index (κ1) is 18.1. The highest BCUT2D eigenvalue weighted by Gasteiger charge is 2.39. The van der Waals surface area contributed by atoms with Gasteiger partial charge >= 0.3 is 10.2 Å². The summed E-state index contributed by atoms with van der Waals surface area (Å²) in [6, 6.07) is 2.42. The molecule has 0 N–H and O–H groups in total. The molecule has 0 aliphatic rings. The van der Waals surface area contributed by atoms with Crippen LogP contribution in [0.5, 0.6) is 5.75 Å². The van der Waals surface area contributed by atoms with Crippen molar-refractivity contribution < 1.29 is 16.7 Å². The fourth-order valence-corrected chi connectivity index (χ4v) is 4.69. The normalized spacial score (nSPS) is 13.4. The van der Waals surface area contributed by atoms with Crippen LogP contribution in [-0.4, -0.2) is 16.7 Å². The SMILES string of the molecule is CC(C)(C)[Si](C)(C)Oc1c(Br)cc(S(=O)(=O)F)cc1Br. The van der Waals surface area contributed by atoms with Crippen LogP contribution < -0.4 is 4.43 Å². The first-order valence-electron chi connectivity index (χ1n) is 5.88. The van der Waals surface area contributed by atoms with Gasteiger partial charge in [0.05, 0.1) is 8.95 Å². The van der Waals surface area contributed by atoms with Crippen LogP contribution >= 0.6 is 31.9 Å². The third-order valence-electron chi connectivity index (χ3n) is 3.42. The average molecular weight is 448 g/mol. The largest absolute Gasteiger partial charge is 0.542 e. The summed E-state index contributed by atoms with van der Waals surface area (Å²) in [6.45, 7) is 10.4. The number of halogens is 3. The van der Waals surface area contributed by atoms with Gasteiger partial charge in [0.25, 0.3) is 8.32 Å². The molecule has 0 bridgehead atoms. The lowest BCUT2D eigenvalue weighted by Gasteiger charge is -2.37. The van der Waals surface area contributed by atoms with E-state index in [-0.39, 0.29) is 5.04 Å². The molecule has 0 radical (unpaired) electrons. The molecule has 0 saturated heterocycles. The Hall–Kier alpha value is 0.0769. The van der Waals surface area contributed by atoms with Crippen molar-refractivity contribution in [3.63, 3.8) is 0 Å². The highest BCUT2D eigenvalue weighted by atomic mass is 79.9. The standard InChI is InChI=1S/C12H17Br2FO3SSi/c1-12(2,3)20(4,5)18-11-9(13)6-8(7-10(11)14)19(15,16)17/h6-7H,1-5H3. The zero-order chi connectivity index (χ0) is 15.9. The van der Waals surface area contributed by atoms with E-state index in [9.17, 15) is 12.3 Å². The van der Waals surface area contributed by atoms with Crippen molar-refractivity contribution >= 4 is 50.4 Å². The molecule has 0 amide bonds. The summed E-state index contributed by atoms with van der Waals surface area (Å²) in [6.07, 6.45) is 0. The lowest BCUT2D eigenvalue weighted by molar-refractivity contribution is 0.486. The Morgan fingerprint density at radius 2 is 1.55 bits per heavy atom. The van der Waals surface area contributed by atoms with E-state index in [0.29, 0.717) is 14.7 Å². The maximum absolute atomic E-state index is 13.0. The summed E-state index contributed by atoms with van der Waals surface area (Å²) in [5.74, 6) is 0.504. The smallest absolute Gasteiger partial charge is 0.332 e. The van der Waals surface area contributed by atoms with Gasteiger partial charge < -0.3 is 4.43 Å². The van der Waals surface area contributed by atoms with Gasteiger partial charge in [-0.15, -0.1) is 3.89 Å². The number of hydrogen-bond donors (Lipinski definition) is 0. The highest BCUT2D eigenvalue weighted by Crippen LogP contribution is 2.43. The van der Waals surface area contributed by atoms with E-state index >= 15 is 0 Å². The summed E-state index contributed by atoms with van der Waals surface area (Å²) in [7, 11) is -6.82. The topological polar surface area (TPSA) is 43.4 Å². The van der Waals surface area contributed by atoms with Gasteiger partial charge in [-0.3, -0.25) is 0 Å². The number of hydrogen-bond acceptors (Lipinski definition) is 3. The van der Waals surface area contributed by atoms with Crippen LogP contribution in [0.25, 0.3) is 0 Å². The van der Waals surface area contributed by atoms with Crippen molar-refractivity contribution in [2.75, 3.05) is 0 Å². The predicted molar refractivity (Wildman–Crippen MR) is 88.0 cm³/mol. The monoisotopic (exact) mass is 446 g/mol. The van der Waals surface area contributed by atoms with Crippen molar-refractivity contribution in [1.29, 1.82) is 0 Å². The molecule has 0 heterocycles. The third-order valence-corrected chi connectivity index (χ3v) is 9.72. The molecule has 20 heavy (non-hydrogen) atoms. The molecule has 114 valence electrons. The second-order valence-electron chi connectivity index (χ2n) is 6.02. The quantitative estimate of drug-likeness (QED) is 0.469. The molecule has 0 aliphatic heterocycles. The van der Waals surface area contributed by atoms with Crippen LogP contribution in [0.1, 0.15) is 20.8 Å². The highest BCUT2D eigenvalue weighted by molar-refractivity contribution is 9.11. The lowest BCUT2D eigenvalue weighted by Crippen LogP contribution is -2.44. The van der Waals surface area contributed by atoms with E-state index in [4.69, 9.17) is 4.43 Å². The van der Waals surface area contributed by atoms with E-state index in [0.717, 1.165) is 0 Å². The Kier molecular flexibility index (Phi) is 5.16. The average Bonchev–Trinajstić information content (AvgIpc) is 2.20. The van der Waals surface area contributed by atoms with Crippen molar-refractivity contribution in [3.05, 3.63) is 21.1 Å². The maximum Gasteiger partial charge on any atom is 0.332 e. The molecule has 3 nitrogen and oxygen atoms in total. The van der Waals surface area contributed by atoms with Gasteiger partial charge in [-0.1, -0.05) is 20.8 Å². The molecular weight excluding hydrogens is 431 g/mol. The fourth-order valence-electron chi connectivity index (χ4n) is 1.18. The first-order chi connectivity index (χ1) is 8.75. The van der Waals surface area contributed by atoms with Crippen LogP contribution in [0.4, 0.5) is 3.89 Å². The zero-order valence-corrected chi connectivity index (χ0v) is 16.9. The molecule has 0 spiro atoms. The molecule has 1 aromatic carbocycles. The predicted octanol–water partition coefficient (Wildman–Crippen LogP) is 5.25. The van der Waals surface area contributed by atoms with Crippen molar-refractivity contribution in [2.45, 2.75) is 43.8 Å². The van der Waals surface area contributed by atoms with Gasteiger partial charge in [0.1, 0.15) is 10.6 Å². The van der Waals surface area contributed by atoms with Gasteiger partial charge in [0.15, 0.2) is 0 Å². The Morgan fingerprint density at radius 1 is 1.15 bits per heavy atom. The molecule has 1 rings (SSSR count). The summed E-state index contributed by atoms with van der Waals surface area (Å²) >= 11 is 6.49. The molecule has 1 aromatic rings. The number of rotatable bonds is 3. The number of benzene rings is 1. The van der Waals surface area contributed by atoms with E-state index in [1.54, 1.807) is 0 Å². The molecule has 0 fully saturated rings. The molecule has 0 aliphatic carbocycles. The summed E-state index contributed by atoms with van der Waals surface area (Å²) in [4.78, 5) is -0.404.